The zero-order chi connectivity index (χ0) is 19.4. The van der Waals surface area contributed by atoms with Crippen molar-refractivity contribution in [3.8, 4) is 17.2 Å². The number of carbonyl (C=O) groups is 1. The minimum atomic E-state index is -0.152. The van der Waals surface area contributed by atoms with E-state index in [1.54, 1.807) is 31.2 Å². The topological polar surface area (TPSA) is 48.0 Å². The highest BCUT2D eigenvalue weighted by atomic mass is 16.5. The van der Waals surface area contributed by atoms with Crippen molar-refractivity contribution < 1.29 is 19.0 Å². The van der Waals surface area contributed by atoms with Gasteiger partial charge in [0.05, 0.1) is 26.9 Å². The summed E-state index contributed by atoms with van der Waals surface area (Å²) in [5.41, 5.74) is 1.49. The van der Waals surface area contributed by atoms with E-state index >= 15 is 0 Å². The first-order chi connectivity index (χ1) is 13.1. The van der Waals surface area contributed by atoms with Gasteiger partial charge in [-0.1, -0.05) is 36.4 Å². The molecule has 0 fully saturated rings. The van der Waals surface area contributed by atoms with Crippen molar-refractivity contribution in [1.82, 2.24) is 4.90 Å². The van der Waals surface area contributed by atoms with Gasteiger partial charge in [0.15, 0.2) is 11.5 Å². The first kappa shape index (κ1) is 18.6. The molecular formula is C22H23NO4. The number of fused-ring (bicyclic) bond motifs is 1. The lowest BCUT2D eigenvalue weighted by atomic mass is 10.1. The maximum Gasteiger partial charge on any atom is 0.257 e. The lowest BCUT2D eigenvalue weighted by Gasteiger charge is -2.20. The van der Waals surface area contributed by atoms with Gasteiger partial charge in [0, 0.05) is 25.7 Å². The van der Waals surface area contributed by atoms with E-state index in [-0.39, 0.29) is 5.91 Å². The molecule has 0 heterocycles. The van der Waals surface area contributed by atoms with Crippen LogP contribution < -0.4 is 14.2 Å². The van der Waals surface area contributed by atoms with Crippen LogP contribution in [0.25, 0.3) is 10.8 Å². The number of methoxy groups -OCH3 is 3. The van der Waals surface area contributed by atoms with Crippen molar-refractivity contribution in [3.05, 3.63) is 65.7 Å². The number of nitrogens with zero attached hydrogens (tertiary/aromatic N) is 1. The summed E-state index contributed by atoms with van der Waals surface area (Å²) in [7, 11) is 6.39. The minimum Gasteiger partial charge on any atom is -0.496 e. The molecule has 0 spiro atoms. The molecule has 140 valence electrons. The third-order valence-electron chi connectivity index (χ3n) is 4.52. The molecule has 5 heteroatoms. The Morgan fingerprint density at radius 2 is 1.44 bits per heavy atom. The molecule has 27 heavy (non-hydrogen) atoms. The molecule has 0 unspecified atom stereocenters. The van der Waals surface area contributed by atoms with Gasteiger partial charge in [0.1, 0.15) is 5.75 Å². The quantitative estimate of drug-likeness (QED) is 0.659. The second kappa shape index (κ2) is 7.99. The summed E-state index contributed by atoms with van der Waals surface area (Å²) in [5.74, 6) is 1.30. The molecule has 0 aliphatic heterocycles. The Morgan fingerprint density at radius 3 is 2.11 bits per heavy atom. The van der Waals surface area contributed by atoms with Crippen molar-refractivity contribution in [2.24, 2.45) is 0 Å². The molecule has 0 aromatic heterocycles. The monoisotopic (exact) mass is 365 g/mol. The molecular weight excluding hydrogens is 342 g/mol. The largest absolute Gasteiger partial charge is 0.496 e. The summed E-state index contributed by atoms with van der Waals surface area (Å²) in [6.07, 6.45) is 0. The second-order valence-electron chi connectivity index (χ2n) is 6.25. The summed E-state index contributed by atoms with van der Waals surface area (Å²) in [4.78, 5) is 14.7. The van der Waals surface area contributed by atoms with Gasteiger partial charge in [0.2, 0.25) is 0 Å². The number of hydrogen-bond acceptors (Lipinski definition) is 4. The van der Waals surface area contributed by atoms with Crippen LogP contribution in [-0.2, 0) is 6.54 Å². The zero-order valence-electron chi connectivity index (χ0n) is 16.0. The molecule has 0 saturated carbocycles. The van der Waals surface area contributed by atoms with Gasteiger partial charge in [-0.25, -0.2) is 0 Å². The van der Waals surface area contributed by atoms with Crippen LogP contribution >= 0.6 is 0 Å². The number of hydrogen-bond donors (Lipinski definition) is 0. The molecule has 0 N–H and O–H groups in total. The van der Waals surface area contributed by atoms with E-state index in [2.05, 4.69) is 24.3 Å². The van der Waals surface area contributed by atoms with Crippen molar-refractivity contribution in [2.45, 2.75) is 6.54 Å². The number of rotatable bonds is 6. The van der Waals surface area contributed by atoms with Crippen LogP contribution in [0, 0.1) is 0 Å². The lowest BCUT2D eigenvalue weighted by Crippen LogP contribution is -2.26. The Hall–Kier alpha value is -3.21. The van der Waals surface area contributed by atoms with Crippen LogP contribution in [0.5, 0.6) is 17.2 Å². The van der Waals surface area contributed by atoms with Crippen molar-refractivity contribution >= 4 is 16.7 Å². The standard InChI is InChI=1S/C22H23NO4/c1-23(14-15-9-10-16-7-5-6-8-17(16)11-15)22(24)18-12-20(26-3)21(27-4)13-19(18)25-2/h5-13H,14H2,1-4H3. The first-order valence-electron chi connectivity index (χ1n) is 8.60. The molecule has 3 aromatic rings. The van der Waals surface area contributed by atoms with Gasteiger partial charge in [-0.3, -0.25) is 4.79 Å². The minimum absolute atomic E-state index is 0.152. The van der Waals surface area contributed by atoms with Crippen LogP contribution in [-0.4, -0.2) is 39.2 Å². The summed E-state index contributed by atoms with van der Waals surface area (Å²) < 4.78 is 16.0. The fourth-order valence-electron chi connectivity index (χ4n) is 3.08. The van der Waals surface area contributed by atoms with Crippen molar-refractivity contribution in [1.29, 1.82) is 0 Å². The van der Waals surface area contributed by atoms with E-state index in [4.69, 9.17) is 14.2 Å². The van der Waals surface area contributed by atoms with E-state index in [1.807, 2.05) is 18.2 Å². The van der Waals surface area contributed by atoms with Crippen LogP contribution in [0.15, 0.2) is 54.6 Å². The Bertz CT molecular complexity index is 968. The molecule has 0 bridgehead atoms. The second-order valence-corrected chi connectivity index (χ2v) is 6.25. The summed E-state index contributed by atoms with van der Waals surface area (Å²) in [6.45, 7) is 0.487. The SMILES string of the molecule is COc1cc(OC)c(C(=O)N(C)Cc2ccc3ccccc3c2)cc1OC. The van der Waals surface area contributed by atoms with Crippen LogP contribution in [0.2, 0.25) is 0 Å². The highest BCUT2D eigenvalue weighted by Gasteiger charge is 2.21. The smallest absolute Gasteiger partial charge is 0.257 e. The summed E-state index contributed by atoms with van der Waals surface area (Å²) in [6, 6.07) is 17.7. The van der Waals surface area contributed by atoms with Crippen LogP contribution in [0.3, 0.4) is 0 Å². The van der Waals surface area contributed by atoms with Gasteiger partial charge >= 0.3 is 0 Å². The molecule has 0 atom stereocenters. The number of ether oxygens (including phenoxy) is 3. The number of amides is 1. The summed E-state index contributed by atoms with van der Waals surface area (Å²) in [5, 5.41) is 2.33. The highest BCUT2D eigenvalue weighted by molar-refractivity contribution is 5.97. The molecule has 3 rings (SSSR count). The van der Waals surface area contributed by atoms with E-state index in [1.165, 1.54) is 19.6 Å². The fourth-order valence-corrected chi connectivity index (χ4v) is 3.08. The third-order valence-corrected chi connectivity index (χ3v) is 4.52. The van der Waals surface area contributed by atoms with Crippen LogP contribution in [0.1, 0.15) is 15.9 Å². The van der Waals surface area contributed by atoms with E-state index in [0.717, 1.165) is 10.9 Å². The highest BCUT2D eigenvalue weighted by Crippen LogP contribution is 2.35. The Labute approximate surface area is 159 Å². The third kappa shape index (κ3) is 3.82. The fraction of sp³-hybridized carbons (Fsp3) is 0.227. The summed E-state index contributed by atoms with van der Waals surface area (Å²) >= 11 is 0. The predicted octanol–water partition coefficient (Wildman–Crippen LogP) is 4.14. The average Bonchev–Trinajstić information content (AvgIpc) is 2.71. The maximum absolute atomic E-state index is 13.0. The van der Waals surface area contributed by atoms with E-state index in [9.17, 15) is 4.79 Å². The molecule has 3 aromatic carbocycles. The zero-order valence-corrected chi connectivity index (χ0v) is 16.0. The predicted molar refractivity (Wildman–Crippen MR) is 106 cm³/mol. The van der Waals surface area contributed by atoms with E-state index < -0.39 is 0 Å². The van der Waals surface area contributed by atoms with Crippen LogP contribution in [0.4, 0.5) is 0 Å². The van der Waals surface area contributed by atoms with Gasteiger partial charge in [0.25, 0.3) is 5.91 Å². The molecule has 0 radical (unpaired) electrons. The Kier molecular flexibility index (Phi) is 5.50. The molecule has 0 aliphatic carbocycles. The van der Waals surface area contributed by atoms with Crippen molar-refractivity contribution in [3.63, 3.8) is 0 Å². The van der Waals surface area contributed by atoms with Gasteiger partial charge < -0.3 is 19.1 Å². The Balaban J connectivity index is 1.87. The molecule has 1 amide bonds. The number of carbonyl (C=O) groups excluding carboxylic acids is 1. The maximum atomic E-state index is 13.0. The van der Waals surface area contributed by atoms with Crippen molar-refractivity contribution in [2.75, 3.05) is 28.4 Å². The molecule has 0 saturated heterocycles. The van der Waals surface area contributed by atoms with Gasteiger partial charge in [-0.15, -0.1) is 0 Å². The lowest BCUT2D eigenvalue weighted by molar-refractivity contribution is 0.0781. The normalized spacial score (nSPS) is 10.5. The number of benzene rings is 3. The van der Waals surface area contributed by atoms with Gasteiger partial charge in [-0.2, -0.15) is 0 Å². The average molecular weight is 365 g/mol. The first-order valence-corrected chi connectivity index (χ1v) is 8.60. The molecule has 5 nitrogen and oxygen atoms in total. The van der Waals surface area contributed by atoms with E-state index in [0.29, 0.717) is 29.4 Å². The molecule has 0 aliphatic rings. The Morgan fingerprint density at radius 1 is 0.815 bits per heavy atom. The van der Waals surface area contributed by atoms with Gasteiger partial charge in [-0.05, 0) is 22.4 Å².